The van der Waals surface area contributed by atoms with Crippen LogP contribution in [0.4, 0.5) is 17.1 Å². The van der Waals surface area contributed by atoms with Crippen LogP contribution in [0.25, 0.3) is 87.9 Å². The largest absolute Gasteiger partial charge is 0.309 e. The van der Waals surface area contributed by atoms with Crippen molar-refractivity contribution in [3.05, 3.63) is 187 Å². The van der Waals surface area contributed by atoms with Gasteiger partial charge in [0.05, 0.1) is 33.8 Å². The lowest BCUT2D eigenvalue weighted by Gasteiger charge is -2.27. The molecule has 0 amide bonds. The first-order chi connectivity index (χ1) is 28.2. The van der Waals surface area contributed by atoms with Crippen molar-refractivity contribution in [3.8, 4) is 44.5 Å². The predicted octanol–water partition coefficient (Wildman–Crippen LogP) is 14.7. The summed E-state index contributed by atoms with van der Waals surface area (Å²) >= 11 is 0. The maximum atomic E-state index is 5.48. The van der Waals surface area contributed by atoms with Gasteiger partial charge >= 0.3 is 0 Å². The average Bonchev–Trinajstić information content (AvgIpc) is 3.40. The third-order valence-electron chi connectivity index (χ3n) is 11.9. The van der Waals surface area contributed by atoms with Crippen LogP contribution >= 0.6 is 0 Å². The van der Waals surface area contributed by atoms with Crippen molar-refractivity contribution in [2.45, 2.75) is 26.7 Å². The third-order valence-corrected chi connectivity index (χ3v) is 11.9. The van der Waals surface area contributed by atoms with Gasteiger partial charge in [-0.1, -0.05) is 153 Å². The minimum atomic E-state index is 0.826. The molecule has 270 valence electrons. The zero-order valence-corrected chi connectivity index (χ0v) is 32.0. The van der Waals surface area contributed by atoms with E-state index in [2.05, 4.69) is 195 Å². The fourth-order valence-corrected chi connectivity index (χ4v) is 9.26. The van der Waals surface area contributed by atoms with Crippen molar-refractivity contribution >= 4 is 60.4 Å². The first kappa shape index (κ1) is 33.3. The highest BCUT2D eigenvalue weighted by atomic mass is 15.1. The normalized spacial score (nSPS) is 12.1. The third kappa shape index (κ3) is 5.19. The van der Waals surface area contributed by atoms with E-state index in [1.54, 1.807) is 0 Å². The van der Waals surface area contributed by atoms with Gasteiger partial charge in [0, 0.05) is 27.9 Å². The fourth-order valence-electron chi connectivity index (χ4n) is 9.26. The number of fused-ring (bicyclic) bond motifs is 12. The summed E-state index contributed by atoms with van der Waals surface area (Å²) in [6, 6.07) is 64.3. The van der Waals surface area contributed by atoms with Gasteiger partial charge in [0.2, 0.25) is 0 Å². The Labute approximate surface area is 332 Å². The molecule has 57 heavy (non-hydrogen) atoms. The van der Waals surface area contributed by atoms with Gasteiger partial charge in [-0.2, -0.15) is 0 Å². The first-order valence-corrected chi connectivity index (χ1v) is 20.0. The van der Waals surface area contributed by atoms with Crippen molar-refractivity contribution in [1.29, 1.82) is 0 Å². The van der Waals surface area contributed by atoms with Gasteiger partial charge in [-0.25, -0.2) is 9.97 Å². The number of nitrogens with zero attached hydrogens (tertiary/aromatic N) is 3. The highest BCUT2D eigenvalue weighted by Crippen LogP contribution is 2.52. The van der Waals surface area contributed by atoms with E-state index in [1.165, 1.54) is 60.3 Å². The van der Waals surface area contributed by atoms with Crippen LogP contribution in [-0.4, -0.2) is 9.97 Å². The van der Waals surface area contributed by atoms with Crippen LogP contribution in [0.1, 0.15) is 25.2 Å². The molecule has 1 aromatic heterocycles. The summed E-state index contributed by atoms with van der Waals surface area (Å²) in [4.78, 5) is 13.4. The van der Waals surface area contributed by atoms with E-state index in [-0.39, 0.29) is 0 Å². The van der Waals surface area contributed by atoms with Crippen molar-refractivity contribution < 1.29 is 0 Å². The summed E-state index contributed by atoms with van der Waals surface area (Å²) in [6.07, 6.45) is 1.66. The van der Waals surface area contributed by atoms with Gasteiger partial charge in [0.25, 0.3) is 0 Å². The number of rotatable bonds is 5. The molecule has 3 nitrogen and oxygen atoms in total. The van der Waals surface area contributed by atoms with E-state index in [0.717, 1.165) is 68.9 Å². The number of hydrogen-bond donors (Lipinski definition) is 0. The fraction of sp³-hybridized carbons (Fsp3) is 0.0741. The minimum absolute atomic E-state index is 0.826. The highest BCUT2D eigenvalue weighted by molar-refractivity contribution is 6.26. The Morgan fingerprint density at radius 3 is 1.42 bits per heavy atom. The molecule has 10 aromatic rings. The van der Waals surface area contributed by atoms with E-state index in [9.17, 15) is 0 Å². The van der Waals surface area contributed by atoms with Gasteiger partial charge < -0.3 is 4.90 Å². The number of para-hydroxylation sites is 2. The summed E-state index contributed by atoms with van der Waals surface area (Å²) in [7, 11) is 0. The van der Waals surface area contributed by atoms with Crippen LogP contribution in [0.3, 0.4) is 0 Å². The molecule has 9 aromatic carbocycles. The molecule has 3 heteroatoms. The Kier molecular flexibility index (Phi) is 7.75. The Morgan fingerprint density at radius 1 is 0.351 bits per heavy atom. The molecule has 0 radical (unpaired) electrons. The second-order valence-corrected chi connectivity index (χ2v) is 15.0. The SMILES string of the molecule is CCc1nc2c(-c3ccc4c(c3)-c3ccccc3-c3ccccc3N4c3ccccc3)ccc(-c3ccc4c5ccccc5c5ccccc5c4c3)c2nc1CC. The zero-order valence-electron chi connectivity index (χ0n) is 32.0. The molecule has 1 aliphatic heterocycles. The molecule has 0 saturated heterocycles. The Morgan fingerprint density at radius 2 is 0.807 bits per heavy atom. The monoisotopic (exact) mass is 729 g/mol. The lowest BCUT2D eigenvalue weighted by Crippen LogP contribution is -2.10. The lowest BCUT2D eigenvalue weighted by atomic mass is 9.90. The minimum Gasteiger partial charge on any atom is -0.309 e. The molecule has 0 aliphatic carbocycles. The van der Waals surface area contributed by atoms with Gasteiger partial charge in [-0.15, -0.1) is 0 Å². The molecule has 11 rings (SSSR count). The number of anilines is 3. The maximum absolute atomic E-state index is 5.48. The Balaban J connectivity index is 1.15. The predicted molar refractivity (Wildman–Crippen MR) is 241 cm³/mol. The van der Waals surface area contributed by atoms with Crippen LogP contribution in [-0.2, 0) is 12.8 Å². The number of aromatic nitrogens is 2. The van der Waals surface area contributed by atoms with E-state index < -0.39 is 0 Å². The summed E-state index contributed by atoms with van der Waals surface area (Å²) in [6.45, 7) is 4.37. The molecule has 2 heterocycles. The van der Waals surface area contributed by atoms with Crippen molar-refractivity contribution in [3.63, 3.8) is 0 Å². The van der Waals surface area contributed by atoms with Crippen molar-refractivity contribution in [2.75, 3.05) is 4.90 Å². The van der Waals surface area contributed by atoms with Gasteiger partial charge in [-0.3, -0.25) is 0 Å². The standard InChI is InChI=1S/C54H39N3/c1-3-49-50(4-2)56-54-38(30-29-37(53(54)55-49)34-26-28-45-41-20-9-8-18-39(41)40-19-10-12-22-43(40)47(45)32-34)35-27-31-52-48(33-35)44-23-13-11-21-42(44)46-24-14-15-25-51(46)57(52)36-16-6-5-7-17-36/h5-33H,3-4H2,1-2H3. The number of aryl methyl sites for hydroxylation is 2. The van der Waals surface area contributed by atoms with Crippen molar-refractivity contribution in [1.82, 2.24) is 9.97 Å². The van der Waals surface area contributed by atoms with Crippen LogP contribution < -0.4 is 4.90 Å². The molecule has 0 fully saturated rings. The molecule has 0 N–H and O–H groups in total. The number of benzene rings is 9. The molecule has 0 spiro atoms. The second-order valence-electron chi connectivity index (χ2n) is 15.0. The van der Waals surface area contributed by atoms with Crippen LogP contribution in [0.15, 0.2) is 176 Å². The van der Waals surface area contributed by atoms with Gasteiger partial charge in [0.15, 0.2) is 0 Å². The summed E-state index contributed by atoms with van der Waals surface area (Å²) < 4.78 is 0. The van der Waals surface area contributed by atoms with E-state index in [1.807, 2.05) is 0 Å². The molecule has 0 bridgehead atoms. The van der Waals surface area contributed by atoms with Gasteiger partial charge in [0.1, 0.15) is 0 Å². The van der Waals surface area contributed by atoms with E-state index in [4.69, 9.17) is 9.97 Å². The highest BCUT2D eigenvalue weighted by Gasteiger charge is 2.27. The van der Waals surface area contributed by atoms with Crippen LogP contribution in [0.5, 0.6) is 0 Å². The maximum Gasteiger partial charge on any atom is 0.0975 e. The van der Waals surface area contributed by atoms with Crippen LogP contribution in [0.2, 0.25) is 0 Å². The summed E-state index contributed by atoms with van der Waals surface area (Å²) in [5.74, 6) is 0. The van der Waals surface area contributed by atoms with E-state index >= 15 is 0 Å². The first-order valence-electron chi connectivity index (χ1n) is 20.0. The molecule has 1 aliphatic rings. The van der Waals surface area contributed by atoms with Crippen LogP contribution in [0, 0.1) is 0 Å². The topological polar surface area (TPSA) is 29.0 Å². The Hall–Kier alpha value is -7.10. The molecular formula is C54H39N3. The molecule has 0 atom stereocenters. The second kappa shape index (κ2) is 13.3. The summed E-state index contributed by atoms with van der Waals surface area (Å²) in [5, 5.41) is 7.61. The number of hydrogen-bond acceptors (Lipinski definition) is 3. The van der Waals surface area contributed by atoms with Gasteiger partial charge in [-0.05, 0) is 104 Å². The smallest absolute Gasteiger partial charge is 0.0975 e. The molecular weight excluding hydrogens is 691 g/mol. The Bertz CT molecular complexity index is 3180. The van der Waals surface area contributed by atoms with Crippen molar-refractivity contribution in [2.24, 2.45) is 0 Å². The van der Waals surface area contributed by atoms with E-state index in [0.29, 0.717) is 0 Å². The lowest BCUT2D eigenvalue weighted by molar-refractivity contribution is 0.931. The molecule has 0 saturated carbocycles. The molecule has 0 unspecified atom stereocenters. The quantitative estimate of drug-likeness (QED) is 0.165. The summed E-state index contributed by atoms with van der Waals surface area (Å²) in [5.41, 5.74) is 16.7. The zero-order chi connectivity index (χ0) is 38.0. The average molecular weight is 730 g/mol.